The number of nitrogens with one attached hydrogen (secondary N) is 1. The van der Waals surface area contributed by atoms with Crippen molar-refractivity contribution < 1.29 is 5.11 Å². The fourth-order valence-corrected chi connectivity index (χ4v) is 3.52. The van der Waals surface area contributed by atoms with Crippen LogP contribution in [0.3, 0.4) is 0 Å². The minimum absolute atomic E-state index is 0.232. The van der Waals surface area contributed by atoms with Crippen LogP contribution in [0, 0.1) is 0 Å². The molecule has 18 heavy (non-hydrogen) atoms. The van der Waals surface area contributed by atoms with Crippen molar-refractivity contribution in [3.05, 3.63) is 30.1 Å². The smallest absolute Gasteiger partial charge is 0.0890 e. The Morgan fingerprint density at radius 2 is 2.50 bits per heavy atom. The fourth-order valence-electron chi connectivity index (χ4n) is 2.32. The molecule has 1 aliphatic carbocycles. The zero-order valence-corrected chi connectivity index (χ0v) is 11.9. The van der Waals surface area contributed by atoms with Gasteiger partial charge in [-0.3, -0.25) is 4.98 Å². The predicted octanol–water partition coefficient (Wildman–Crippen LogP) is 2.38. The van der Waals surface area contributed by atoms with Crippen LogP contribution in [0.5, 0.6) is 0 Å². The molecule has 1 saturated carbocycles. The molecule has 1 heterocycles. The molecular weight excluding hydrogens is 244 g/mol. The van der Waals surface area contributed by atoms with Crippen molar-refractivity contribution in [1.29, 1.82) is 0 Å². The molecule has 0 unspecified atom stereocenters. The summed E-state index contributed by atoms with van der Waals surface area (Å²) in [4.78, 5) is 4.12. The number of aromatic nitrogens is 1. The zero-order valence-electron chi connectivity index (χ0n) is 11.1. The van der Waals surface area contributed by atoms with Crippen molar-refractivity contribution in [3.63, 3.8) is 0 Å². The number of thioether (sulfide) groups is 1. The highest BCUT2D eigenvalue weighted by molar-refractivity contribution is 8.00. The fraction of sp³-hybridized carbons (Fsp3) is 0.643. The van der Waals surface area contributed by atoms with Gasteiger partial charge in [0.25, 0.3) is 0 Å². The normalized spacial score (nSPS) is 28.7. The highest BCUT2D eigenvalue weighted by atomic mass is 32.2. The molecule has 100 valence electrons. The molecule has 0 spiro atoms. The van der Waals surface area contributed by atoms with Gasteiger partial charge in [0.1, 0.15) is 0 Å². The van der Waals surface area contributed by atoms with E-state index in [1.165, 1.54) is 5.56 Å². The van der Waals surface area contributed by atoms with E-state index in [-0.39, 0.29) is 6.04 Å². The van der Waals surface area contributed by atoms with Crippen molar-refractivity contribution in [2.24, 2.45) is 0 Å². The summed E-state index contributed by atoms with van der Waals surface area (Å²) in [6.45, 7) is 4.93. The van der Waals surface area contributed by atoms with E-state index in [1.807, 2.05) is 24.0 Å². The highest BCUT2D eigenvalue weighted by Crippen LogP contribution is 2.40. The van der Waals surface area contributed by atoms with Gasteiger partial charge in [-0.15, -0.1) is 0 Å². The Bertz CT molecular complexity index is 373. The molecule has 0 radical (unpaired) electrons. The topological polar surface area (TPSA) is 45.1 Å². The van der Waals surface area contributed by atoms with E-state index in [0.717, 1.165) is 18.6 Å². The van der Waals surface area contributed by atoms with E-state index in [4.69, 9.17) is 0 Å². The Hall–Kier alpha value is -0.580. The lowest BCUT2D eigenvalue weighted by Gasteiger charge is -2.45. The molecule has 1 aliphatic rings. The maximum absolute atomic E-state index is 10.5. The molecule has 2 N–H and O–H groups in total. The number of aliphatic hydroxyl groups is 1. The van der Waals surface area contributed by atoms with Gasteiger partial charge in [-0.1, -0.05) is 13.0 Å². The van der Waals surface area contributed by atoms with E-state index < -0.39 is 5.60 Å². The summed E-state index contributed by atoms with van der Waals surface area (Å²) >= 11 is 1.87. The molecule has 1 fully saturated rings. The largest absolute Gasteiger partial charge is 0.387 e. The molecule has 1 aromatic heterocycles. The molecule has 0 amide bonds. The third-order valence-corrected chi connectivity index (χ3v) is 5.12. The number of pyridine rings is 1. The van der Waals surface area contributed by atoms with Crippen LogP contribution in [0.1, 0.15) is 38.3 Å². The Morgan fingerprint density at radius 3 is 3.06 bits per heavy atom. The quantitative estimate of drug-likeness (QED) is 0.830. The number of rotatable bonds is 6. The van der Waals surface area contributed by atoms with Crippen LogP contribution in [0.4, 0.5) is 0 Å². The summed E-state index contributed by atoms with van der Waals surface area (Å²) in [5.41, 5.74) is 0.650. The molecule has 2 rings (SSSR count). The standard InChI is InChI=1S/C14H22N2OS/c1-3-18-13-6-7-14(13,17)10-16-11(2)12-5-4-8-15-9-12/h4-5,8-9,11,13,16-17H,3,6-7,10H2,1-2H3/t11-,13-,14+/m1/s1. The van der Waals surface area contributed by atoms with Crippen LogP contribution in [-0.4, -0.2) is 33.2 Å². The van der Waals surface area contributed by atoms with Crippen molar-refractivity contribution >= 4 is 11.8 Å². The molecule has 3 nitrogen and oxygen atoms in total. The summed E-state index contributed by atoms with van der Waals surface area (Å²) in [6, 6.07) is 4.24. The van der Waals surface area contributed by atoms with Gasteiger partial charge in [0.15, 0.2) is 0 Å². The second-order valence-corrected chi connectivity index (χ2v) is 6.45. The lowest BCUT2D eigenvalue weighted by atomic mass is 9.79. The van der Waals surface area contributed by atoms with Crippen molar-refractivity contribution in [3.8, 4) is 0 Å². The van der Waals surface area contributed by atoms with Gasteiger partial charge in [0.2, 0.25) is 0 Å². The summed E-state index contributed by atoms with van der Waals surface area (Å²) in [5, 5.41) is 14.3. The Kier molecular flexibility index (Phi) is 4.65. The first-order chi connectivity index (χ1) is 8.65. The Balaban J connectivity index is 1.84. The van der Waals surface area contributed by atoms with Crippen LogP contribution in [0.25, 0.3) is 0 Å². The van der Waals surface area contributed by atoms with E-state index >= 15 is 0 Å². The van der Waals surface area contributed by atoms with Crippen molar-refractivity contribution in [2.45, 2.75) is 43.6 Å². The van der Waals surface area contributed by atoms with Crippen LogP contribution in [0.2, 0.25) is 0 Å². The third-order valence-electron chi connectivity index (χ3n) is 3.71. The van der Waals surface area contributed by atoms with E-state index in [2.05, 4.69) is 30.2 Å². The maximum Gasteiger partial charge on any atom is 0.0890 e. The van der Waals surface area contributed by atoms with Gasteiger partial charge in [0, 0.05) is 30.2 Å². The first kappa shape index (κ1) is 13.8. The van der Waals surface area contributed by atoms with E-state index in [9.17, 15) is 5.11 Å². The average molecular weight is 266 g/mol. The maximum atomic E-state index is 10.5. The molecular formula is C14H22N2OS. The van der Waals surface area contributed by atoms with Crippen molar-refractivity contribution in [2.75, 3.05) is 12.3 Å². The van der Waals surface area contributed by atoms with Gasteiger partial charge >= 0.3 is 0 Å². The van der Waals surface area contributed by atoms with Crippen LogP contribution in [0.15, 0.2) is 24.5 Å². The first-order valence-electron chi connectivity index (χ1n) is 6.63. The molecule has 3 atom stereocenters. The Labute approximate surface area is 113 Å². The summed E-state index contributed by atoms with van der Waals surface area (Å²) in [5.74, 6) is 1.07. The molecule has 0 saturated heterocycles. The van der Waals surface area contributed by atoms with Gasteiger partial charge in [0.05, 0.1) is 5.60 Å². The summed E-state index contributed by atoms with van der Waals surface area (Å²) in [7, 11) is 0. The van der Waals surface area contributed by atoms with Gasteiger partial charge in [-0.05, 0) is 37.1 Å². The summed E-state index contributed by atoms with van der Waals surface area (Å²) < 4.78 is 0. The van der Waals surface area contributed by atoms with Crippen LogP contribution >= 0.6 is 11.8 Å². The molecule has 1 aromatic rings. The van der Waals surface area contributed by atoms with E-state index in [1.54, 1.807) is 6.20 Å². The monoisotopic (exact) mass is 266 g/mol. The first-order valence-corrected chi connectivity index (χ1v) is 7.68. The number of nitrogens with zero attached hydrogens (tertiary/aromatic N) is 1. The lowest BCUT2D eigenvalue weighted by molar-refractivity contribution is -0.0249. The molecule has 0 aliphatic heterocycles. The van der Waals surface area contributed by atoms with Gasteiger partial charge in [-0.25, -0.2) is 0 Å². The Morgan fingerprint density at radius 1 is 1.67 bits per heavy atom. The average Bonchev–Trinajstić information content (AvgIpc) is 2.41. The number of hydrogen-bond donors (Lipinski definition) is 2. The third kappa shape index (κ3) is 3.05. The van der Waals surface area contributed by atoms with Gasteiger partial charge < -0.3 is 10.4 Å². The molecule has 4 heteroatoms. The van der Waals surface area contributed by atoms with Crippen molar-refractivity contribution in [1.82, 2.24) is 10.3 Å². The van der Waals surface area contributed by atoms with Crippen LogP contribution < -0.4 is 5.32 Å². The summed E-state index contributed by atoms with van der Waals surface area (Å²) in [6.07, 6.45) is 5.71. The lowest BCUT2D eigenvalue weighted by Crippen LogP contribution is -2.56. The zero-order chi connectivity index (χ0) is 13.0. The van der Waals surface area contributed by atoms with E-state index in [0.29, 0.717) is 11.8 Å². The molecule has 0 aromatic carbocycles. The minimum atomic E-state index is -0.517. The number of hydrogen-bond acceptors (Lipinski definition) is 4. The predicted molar refractivity (Wildman–Crippen MR) is 76.8 cm³/mol. The van der Waals surface area contributed by atoms with Crippen LogP contribution in [-0.2, 0) is 0 Å². The SMILES string of the molecule is CCS[C@@H]1CC[C@]1(O)CN[C@H](C)c1cccnc1. The molecule has 0 bridgehead atoms. The van der Waals surface area contributed by atoms with Gasteiger partial charge in [-0.2, -0.15) is 11.8 Å². The second-order valence-electron chi connectivity index (χ2n) is 4.98. The second kappa shape index (κ2) is 6.04. The highest BCUT2D eigenvalue weighted by Gasteiger charge is 2.44. The minimum Gasteiger partial charge on any atom is -0.387 e.